The summed E-state index contributed by atoms with van der Waals surface area (Å²) < 4.78 is 54.7. The summed E-state index contributed by atoms with van der Waals surface area (Å²) in [5.74, 6) is 0.517. The smallest absolute Gasteiger partial charge is 0.243 e. The fraction of sp³-hybridized carbons (Fsp3) is 0.538. The van der Waals surface area contributed by atoms with Gasteiger partial charge in [-0.2, -0.15) is 4.31 Å². The second kappa shape index (κ2) is 5.94. The van der Waals surface area contributed by atoms with Gasteiger partial charge in [0, 0.05) is 12.6 Å². The highest BCUT2D eigenvalue weighted by atomic mass is 32.2. The maximum absolute atomic E-state index is 12.7. The Balaban J connectivity index is 2.31. The number of methoxy groups -OCH3 is 1. The Hall–Kier alpha value is -1.12. The Bertz CT molecular complexity index is 695. The average Bonchev–Trinajstić information content (AvgIpc) is 2.79. The van der Waals surface area contributed by atoms with Gasteiger partial charge < -0.3 is 4.74 Å². The molecule has 1 fully saturated rings. The van der Waals surface area contributed by atoms with Gasteiger partial charge in [0.2, 0.25) is 10.0 Å². The summed E-state index contributed by atoms with van der Waals surface area (Å²) in [6.07, 6.45) is 0.353. The van der Waals surface area contributed by atoms with E-state index in [0.29, 0.717) is 12.2 Å². The number of hydrogen-bond donors (Lipinski definition) is 0. The number of sulfonamides is 1. The summed E-state index contributed by atoms with van der Waals surface area (Å²) in [4.78, 5) is 0.148. The molecule has 2 rings (SSSR count). The first kappa shape index (κ1) is 16.3. The number of rotatable bonds is 5. The van der Waals surface area contributed by atoms with Crippen LogP contribution in [-0.4, -0.2) is 52.3 Å². The molecule has 0 radical (unpaired) electrons. The van der Waals surface area contributed by atoms with E-state index in [1.165, 1.54) is 23.5 Å². The fourth-order valence-electron chi connectivity index (χ4n) is 2.51. The zero-order valence-electron chi connectivity index (χ0n) is 12.0. The molecular weight excluding hydrogens is 314 g/mol. The fourth-order valence-corrected chi connectivity index (χ4v) is 6.00. The monoisotopic (exact) mass is 333 g/mol. The minimum atomic E-state index is -3.70. The van der Waals surface area contributed by atoms with E-state index in [1.807, 2.05) is 0 Å². The quantitative estimate of drug-likeness (QED) is 0.799. The van der Waals surface area contributed by atoms with Gasteiger partial charge in [-0.25, -0.2) is 16.8 Å². The maximum atomic E-state index is 12.7. The standard InChI is InChI=1S/C13H19NO5S2/c1-3-14(11-8-9-20(15,16)10-11)21(17,18)13-6-4-12(19-2)5-7-13/h4-7,11H,3,8-10H2,1-2H3/t11-/m1/s1. The SMILES string of the molecule is CCN([C@@H]1CCS(=O)(=O)C1)S(=O)(=O)c1ccc(OC)cc1. The van der Waals surface area contributed by atoms with Gasteiger partial charge in [0.1, 0.15) is 5.75 Å². The van der Waals surface area contributed by atoms with Gasteiger partial charge in [0.05, 0.1) is 23.5 Å². The third kappa shape index (κ3) is 3.38. The first-order valence-electron chi connectivity index (χ1n) is 6.66. The highest BCUT2D eigenvalue weighted by Crippen LogP contribution is 2.25. The summed E-state index contributed by atoms with van der Waals surface area (Å²) in [6, 6.07) is 5.62. The summed E-state index contributed by atoms with van der Waals surface area (Å²) in [5, 5.41) is 0. The van der Waals surface area contributed by atoms with Crippen LogP contribution in [0.4, 0.5) is 0 Å². The van der Waals surface area contributed by atoms with Gasteiger partial charge in [0.15, 0.2) is 9.84 Å². The molecule has 0 bridgehead atoms. The molecule has 6 nitrogen and oxygen atoms in total. The molecule has 0 saturated carbocycles. The number of hydrogen-bond acceptors (Lipinski definition) is 5. The highest BCUT2D eigenvalue weighted by Gasteiger charge is 2.37. The second-order valence-electron chi connectivity index (χ2n) is 4.94. The van der Waals surface area contributed by atoms with Gasteiger partial charge in [-0.15, -0.1) is 0 Å². The van der Waals surface area contributed by atoms with Crippen molar-refractivity contribution in [3.05, 3.63) is 24.3 Å². The average molecular weight is 333 g/mol. The van der Waals surface area contributed by atoms with E-state index >= 15 is 0 Å². The van der Waals surface area contributed by atoms with Crippen molar-refractivity contribution in [2.75, 3.05) is 25.2 Å². The van der Waals surface area contributed by atoms with Crippen LogP contribution in [0.25, 0.3) is 0 Å². The molecule has 118 valence electrons. The molecule has 1 saturated heterocycles. The summed E-state index contributed by atoms with van der Waals surface area (Å²) in [5.41, 5.74) is 0. The molecule has 0 unspecified atom stereocenters. The van der Waals surface area contributed by atoms with E-state index in [9.17, 15) is 16.8 Å². The maximum Gasteiger partial charge on any atom is 0.243 e. The van der Waals surface area contributed by atoms with Crippen molar-refractivity contribution in [2.45, 2.75) is 24.3 Å². The second-order valence-corrected chi connectivity index (χ2v) is 9.06. The van der Waals surface area contributed by atoms with Crippen LogP contribution in [0.1, 0.15) is 13.3 Å². The van der Waals surface area contributed by atoms with Crippen LogP contribution in [0.2, 0.25) is 0 Å². The van der Waals surface area contributed by atoms with E-state index in [1.54, 1.807) is 19.1 Å². The van der Waals surface area contributed by atoms with Crippen LogP contribution >= 0.6 is 0 Å². The van der Waals surface area contributed by atoms with Crippen LogP contribution < -0.4 is 4.74 Å². The normalized spacial score (nSPS) is 21.6. The first-order chi connectivity index (χ1) is 9.80. The van der Waals surface area contributed by atoms with Gasteiger partial charge >= 0.3 is 0 Å². The molecule has 1 atom stereocenters. The van der Waals surface area contributed by atoms with Gasteiger partial charge in [-0.3, -0.25) is 0 Å². The molecular formula is C13H19NO5S2. The van der Waals surface area contributed by atoms with Crippen LogP contribution in [0, 0.1) is 0 Å². The van der Waals surface area contributed by atoms with Gasteiger partial charge in [0.25, 0.3) is 0 Å². The lowest BCUT2D eigenvalue weighted by atomic mass is 10.3. The van der Waals surface area contributed by atoms with Crippen molar-refractivity contribution in [2.24, 2.45) is 0 Å². The van der Waals surface area contributed by atoms with Crippen molar-refractivity contribution in [3.8, 4) is 5.75 Å². The lowest BCUT2D eigenvalue weighted by Crippen LogP contribution is -2.40. The minimum absolute atomic E-state index is 0.0479. The Morgan fingerprint density at radius 3 is 2.33 bits per heavy atom. The van der Waals surface area contributed by atoms with Crippen molar-refractivity contribution >= 4 is 19.9 Å². The van der Waals surface area contributed by atoms with Crippen molar-refractivity contribution in [3.63, 3.8) is 0 Å². The van der Waals surface area contributed by atoms with E-state index in [0.717, 1.165) is 0 Å². The molecule has 1 heterocycles. The third-order valence-corrected chi connectivity index (χ3v) is 7.39. The minimum Gasteiger partial charge on any atom is -0.497 e. The molecule has 1 aliphatic heterocycles. The third-order valence-electron chi connectivity index (χ3n) is 3.59. The topological polar surface area (TPSA) is 80.8 Å². The van der Waals surface area contributed by atoms with Crippen molar-refractivity contribution in [1.82, 2.24) is 4.31 Å². The summed E-state index contributed by atoms with van der Waals surface area (Å²) in [7, 11) is -5.32. The largest absolute Gasteiger partial charge is 0.497 e. The molecule has 0 N–H and O–H groups in total. The Labute approximate surface area is 125 Å². The molecule has 0 aromatic heterocycles. The van der Waals surface area contributed by atoms with Crippen LogP contribution in [-0.2, 0) is 19.9 Å². The zero-order valence-corrected chi connectivity index (χ0v) is 13.7. The summed E-state index contributed by atoms with van der Waals surface area (Å²) in [6.45, 7) is 1.96. The van der Waals surface area contributed by atoms with Crippen molar-refractivity contribution < 1.29 is 21.6 Å². The van der Waals surface area contributed by atoms with Crippen LogP contribution in [0.5, 0.6) is 5.75 Å². The number of nitrogens with zero attached hydrogens (tertiary/aromatic N) is 1. The van der Waals surface area contributed by atoms with E-state index in [4.69, 9.17) is 4.74 Å². The van der Waals surface area contributed by atoms with Gasteiger partial charge in [-0.05, 0) is 30.7 Å². The Kier molecular flexibility index (Phi) is 4.60. The molecule has 21 heavy (non-hydrogen) atoms. The van der Waals surface area contributed by atoms with E-state index in [2.05, 4.69) is 0 Å². The molecule has 8 heteroatoms. The molecule has 1 aliphatic rings. The van der Waals surface area contributed by atoms with E-state index < -0.39 is 25.9 Å². The summed E-state index contributed by atoms with van der Waals surface area (Å²) >= 11 is 0. The van der Waals surface area contributed by atoms with E-state index in [-0.39, 0.29) is 22.9 Å². The Morgan fingerprint density at radius 1 is 1.29 bits per heavy atom. The van der Waals surface area contributed by atoms with Crippen LogP contribution in [0.15, 0.2) is 29.2 Å². The number of sulfone groups is 1. The highest BCUT2D eigenvalue weighted by molar-refractivity contribution is 7.92. The lowest BCUT2D eigenvalue weighted by Gasteiger charge is -2.26. The first-order valence-corrected chi connectivity index (χ1v) is 9.92. The molecule has 1 aromatic rings. The van der Waals surface area contributed by atoms with Crippen LogP contribution in [0.3, 0.4) is 0 Å². The predicted octanol–water partition coefficient (Wildman–Crippen LogP) is 0.893. The molecule has 1 aromatic carbocycles. The predicted molar refractivity (Wildman–Crippen MR) is 79.6 cm³/mol. The van der Waals surface area contributed by atoms with Crippen molar-refractivity contribution in [1.29, 1.82) is 0 Å². The lowest BCUT2D eigenvalue weighted by molar-refractivity contribution is 0.354. The molecule has 0 amide bonds. The number of ether oxygens (including phenoxy) is 1. The molecule has 0 aliphatic carbocycles. The number of benzene rings is 1. The molecule has 0 spiro atoms. The zero-order chi connectivity index (χ0) is 15.7. The van der Waals surface area contributed by atoms with Gasteiger partial charge in [-0.1, -0.05) is 6.92 Å². The Morgan fingerprint density at radius 2 is 1.90 bits per heavy atom.